The van der Waals surface area contributed by atoms with Crippen molar-refractivity contribution in [3.63, 3.8) is 0 Å². The van der Waals surface area contributed by atoms with E-state index in [1.54, 1.807) is 6.92 Å². The van der Waals surface area contributed by atoms with Crippen molar-refractivity contribution in [2.75, 3.05) is 6.54 Å². The van der Waals surface area contributed by atoms with Crippen molar-refractivity contribution < 1.29 is 18.9 Å². The second-order valence-corrected chi connectivity index (χ2v) is 3.93. The van der Waals surface area contributed by atoms with Crippen LogP contribution in [0.15, 0.2) is 0 Å². The average molecular weight is 219 g/mol. The second-order valence-electron chi connectivity index (χ2n) is 3.00. The molecule has 1 amide bonds. The molecule has 0 saturated carbocycles. The molecule has 1 saturated heterocycles. The maximum absolute atomic E-state index is 11.5. The van der Waals surface area contributed by atoms with E-state index in [-0.39, 0.29) is 5.91 Å². The van der Waals surface area contributed by atoms with Crippen molar-refractivity contribution in [2.24, 2.45) is 0 Å². The number of amides is 1. The number of carbonyl (C=O) groups excluding carboxylic acids is 2. The Morgan fingerprint density at radius 3 is 2.86 bits per heavy atom. The van der Waals surface area contributed by atoms with Gasteiger partial charge in [-0.15, -0.1) is 0 Å². The Hall–Kier alpha value is -0.750. The van der Waals surface area contributed by atoms with E-state index < -0.39 is 17.4 Å². The molecule has 1 heterocycles. The van der Waals surface area contributed by atoms with Crippen molar-refractivity contribution in [1.82, 2.24) is 4.90 Å². The number of hydrogen-bond acceptors (Lipinski definition) is 5. The summed E-state index contributed by atoms with van der Waals surface area (Å²) in [5.74, 6) is -0.613. The fourth-order valence-electron chi connectivity index (χ4n) is 1.32. The van der Waals surface area contributed by atoms with Gasteiger partial charge in [0, 0.05) is 19.9 Å². The van der Waals surface area contributed by atoms with E-state index in [1.165, 1.54) is 11.8 Å². The molecule has 0 bridgehead atoms. The van der Waals surface area contributed by atoms with Gasteiger partial charge in [0.05, 0.1) is 12.0 Å². The smallest absolute Gasteiger partial charge is 0.314 e. The molecule has 2 atom stereocenters. The van der Waals surface area contributed by atoms with Crippen molar-refractivity contribution in [2.45, 2.75) is 31.7 Å². The zero-order valence-corrected chi connectivity index (χ0v) is 8.91. The number of carbonyl (C=O) groups is 2. The highest BCUT2D eigenvalue weighted by Gasteiger charge is 2.39. The third kappa shape index (κ3) is 2.39. The molecule has 0 aromatic rings. The Kier molecular flexibility index (Phi) is 3.77. The fourth-order valence-corrected chi connectivity index (χ4v) is 2.04. The van der Waals surface area contributed by atoms with Gasteiger partial charge in [-0.05, 0) is 6.92 Å². The molecule has 1 aliphatic heterocycles. The molecule has 0 radical (unpaired) electrons. The number of aliphatic hydroxyl groups excluding tert-OH is 1. The quantitative estimate of drug-likeness (QED) is 0.684. The Morgan fingerprint density at radius 1 is 1.79 bits per heavy atom. The van der Waals surface area contributed by atoms with Crippen molar-refractivity contribution in [3.05, 3.63) is 0 Å². The van der Waals surface area contributed by atoms with Crippen LogP contribution in [0.5, 0.6) is 0 Å². The maximum atomic E-state index is 11.5. The van der Waals surface area contributed by atoms with Gasteiger partial charge >= 0.3 is 5.97 Å². The molecular formula is C8H13NO4S. The SMILES string of the molecule is CCN1C(=O)C(SOC(C)=O)CC1O. The Bertz CT molecular complexity index is 245. The maximum Gasteiger partial charge on any atom is 0.314 e. The predicted octanol–water partition coefficient (Wildman–Crippen LogP) is 0.137. The zero-order valence-electron chi connectivity index (χ0n) is 8.10. The van der Waals surface area contributed by atoms with Gasteiger partial charge in [-0.3, -0.25) is 9.59 Å². The molecule has 6 heteroatoms. The summed E-state index contributed by atoms with van der Waals surface area (Å²) in [7, 11) is 0. The molecule has 1 fully saturated rings. The number of rotatable bonds is 3. The van der Waals surface area contributed by atoms with Crippen LogP contribution in [-0.2, 0) is 13.8 Å². The molecule has 0 aliphatic carbocycles. The van der Waals surface area contributed by atoms with Gasteiger partial charge in [-0.1, -0.05) is 0 Å². The van der Waals surface area contributed by atoms with E-state index in [0.29, 0.717) is 13.0 Å². The summed E-state index contributed by atoms with van der Waals surface area (Å²) in [5.41, 5.74) is 0. The molecule has 0 aromatic carbocycles. The molecule has 80 valence electrons. The molecular weight excluding hydrogens is 206 g/mol. The summed E-state index contributed by atoms with van der Waals surface area (Å²) in [5, 5.41) is 8.98. The highest BCUT2D eigenvalue weighted by molar-refractivity contribution is 7.96. The summed E-state index contributed by atoms with van der Waals surface area (Å²) in [6, 6.07) is 0. The topological polar surface area (TPSA) is 66.8 Å². The third-order valence-electron chi connectivity index (χ3n) is 1.97. The highest BCUT2D eigenvalue weighted by atomic mass is 32.2. The largest absolute Gasteiger partial charge is 0.391 e. The van der Waals surface area contributed by atoms with E-state index in [1.807, 2.05) is 0 Å². The minimum absolute atomic E-state index is 0.175. The zero-order chi connectivity index (χ0) is 10.7. The van der Waals surface area contributed by atoms with Gasteiger partial charge in [0.1, 0.15) is 11.5 Å². The normalized spacial score (nSPS) is 26.8. The van der Waals surface area contributed by atoms with Crippen LogP contribution in [0.25, 0.3) is 0 Å². The van der Waals surface area contributed by atoms with Crippen LogP contribution in [0.2, 0.25) is 0 Å². The molecule has 1 N–H and O–H groups in total. The first-order valence-electron chi connectivity index (χ1n) is 4.38. The lowest BCUT2D eigenvalue weighted by atomic mass is 10.3. The summed E-state index contributed by atoms with van der Waals surface area (Å²) in [6.07, 6.45) is -0.439. The van der Waals surface area contributed by atoms with E-state index in [9.17, 15) is 14.7 Å². The first kappa shape index (κ1) is 11.3. The molecule has 2 unspecified atom stereocenters. The molecule has 0 spiro atoms. The second kappa shape index (κ2) is 4.65. The highest BCUT2D eigenvalue weighted by Crippen LogP contribution is 2.27. The molecule has 5 nitrogen and oxygen atoms in total. The van der Waals surface area contributed by atoms with Gasteiger partial charge in [0.15, 0.2) is 0 Å². The average Bonchev–Trinajstić information content (AvgIpc) is 2.38. The van der Waals surface area contributed by atoms with Gasteiger partial charge in [0.25, 0.3) is 0 Å². The molecule has 1 rings (SSSR count). The summed E-state index contributed by atoms with van der Waals surface area (Å²) >= 11 is 0.822. The van der Waals surface area contributed by atoms with Crippen LogP contribution in [0, 0.1) is 0 Å². The number of hydrogen-bond donors (Lipinski definition) is 1. The summed E-state index contributed by atoms with van der Waals surface area (Å²) in [4.78, 5) is 23.4. The fraction of sp³-hybridized carbons (Fsp3) is 0.750. The Labute approximate surface area is 86.6 Å². The minimum atomic E-state index is -0.749. The first-order chi connectivity index (χ1) is 6.56. The van der Waals surface area contributed by atoms with E-state index in [2.05, 4.69) is 4.18 Å². The number of nitrogens with zero attached hydrogens (tertiary/aromatic N) is 1. The molecule has 14 heavy (non-hydrogen) atoms. The Balaban J connectivity index is 2.49. The molecule has 1 aliphatic rings. The monoisotopic (exact) mass is 219 g/mol. The van der Waals surface area contributed by atoms with Gasteiger partial charge in [0.2, 0.25) is 5.91 Å². The van der Waals surface area contributed by atoms with E-state index in [0.717, 1.165) is 12.0 Å². The van der Waals surface area contributed by atoms with Gasteiger partial charge in [-0.25, -0.2) is 0 Å². The minimum Gasteiger partial charge on any atom is -0.391 e. The van der Waals surface area contributed by atoms with Crippen LogP contribution in [0.3, 0.4) is 0 Å². The van der Waals surface area contributed by atoms with Crippen molar-refractivity contribution >= 4 is 23.9 Å². The summed E-state index contributed by atoms with van der Waals surface area (Å²) < 4.78 is 4.66. The standard InChI is InChI=1S/C8H13NO4S/c1-3-9-7(11)4-6(8(9)12)14-13-5(2)10/h6-7,11H,3-4H2,1-2H3. The van der Waals surface area contributed by atoms with Crippen LogP contribution < -0.4 is 0 Å². The van der Waals surface area contributed by atoms with Crippen LogP contribution >= 0.6 is 12.0 Å². The first-order valence-corrected chi connectivity index (χ1v) is 5.19. The van der Waals surface area contributed by atoms with Crippen LogP contribution in [0.4, 0.5) is 0 Å². The summed E-state index contributed by atoms with van der Waals surface area (Å²) in [6.45, 7) is 3.54. The lowest BCUT2D eigenvalue weighted by molar-refractivity contribution is -0.132. The van der Waals surface area contributed by atoms with Crippen LogP contribution in [-0.4, -0.2) is 39.9 Å². The Morgan fingerprint density at radius 2 is 2.43 bits per heavy atom. The van der Waals surface area contributed by atoms with E-state index >= 15 is 0 Å². The van der Waals surface area contributed by atoms with Gasteiger partial charge in [-0.2, -0.15) is 0 Å². The van der Waals surface area contributed by atoms with Gasteiger partial charge < -0.3 is 14.2 Å². The predicted molar refractivity (Wildman–Crippen MR) is 51.2 cm³/mol. The lowest BCUT2D eigenvalue weighted by Gasteiger charge is -2.17. The lowest BCUT2D eigenvalue weighted by Crippen LogP contribution is -2.33. The third-order valence-corrected chi connectivity index (χ3v) is 2.92. The van der Waals surface area contributed by atoms with Crippen molar-refractivity contribution in [3.8, 4) is 0 Å². The van der Waals surface area contributed by atoms with Crippen LogP contribution in [0.1, 0.15) is 20.3 Å². The number of likely N-dealkylation sites (tertiary alicyclic amines) is 1. The number of aliphatic hydroxyl groups is 1. The molecule has 0 aromatic heterocycles. The van der Waals surface area contributed by atoms with E-state index in [4.69, 9.17) is 0 Å². The van der Waals surface area contributed by atoms with Crippen molar-refractivity contribution in [1.29, 1.82) is 0 Å².